The summed E-state index contributed by atoms with van der Waals surface area (Å²) in [7, 11) is 1.00. The highest BCUT2D eigenvalue weighted by atomic mass is 35.5. The number of rotatable bonds is 8. The lowest BCUT2D eigenvalue weighted by Gasteiger charge is -2.10. The van der Waals surface area contributed by atoms with Gasteiger partial charge in [0.25, 0.3) is 5.91 Å². The number of anilines is 1. The van der Waals surface area contributed by atoms with Gasteiger partial charge in [-0.3, -0.25) is 9.59 Å². The van der Waals surface area contributed by atoms with Crippen LogP contribution in [0.4, 0.5) is 5.69 Å². The molecule has 3 aromatic carbocycles. The van der Waals surface area contributed by atoms with Crippen LogP contribution < -0.4 is 5.32 Å². The smallest absolute Gasteiger partial charge is 0.256 e. The fourth-order valence-corrected chi connectivity index (χ4v) is 4.30. The van der Waals surface area contributed by atoms with Gasteiger partial charge in [-0.1, -0.05) is 105 Å². The number of aliphatic hydroxyl groups is 1. The molecule has 0 fully saturated rings. The number of aliphatic hydroxyl groups excluding tert-OH is 1. The Balaban J connectivity index is 0.000000797. The van der Waals surface area contributed by atoms with Crippen LogP contribution in [0.2, 0.25) is 5.02 Å². The SMILES string of the molecule is C/C(C=O)=C\C=C(/C)CC/C=C1\C(=O)Nc2cc(Cl)c(-c3ccc(-c4ccccc4O)cc3)cc21.CCC(C)C.CO. The minimum absolute atomic E-state index is 0.138. The predicted octanol–water partition coefficient (Wildman–Crippen LogP) is 9.25. The summed E-state index contributed by atoms with van der Waals surface area (Å²) >= 11 is 6.59. The molecule has 0 radical (unpaired) electrons. The molecule has 0 spiro atoms. The summed E-state index contributed by atoms with van der Waals surface area (Å²) in [6.07, 6.45) is 9.29. The number of carbonyl (C=O) groups excluding carboxylic acids is 2. The first-order valence-electron chi connectivity index (χ1n) is 14.1. The summed E-state index contributed by atoms with van der Waals surface area (Å²) in [5, 5.41) is 20.6. The van der Waals surface area contributed by atoms with Crippen LogP contribution in [0.3, 0.4) is 0 Å². The standard InChI is InChI=1S/C30H26ClNO3.C5H12.CH4O/c1-19(10-11-20(2)18-33)6-5-8-24-26-16-25(27(31)17-28(26)32-30(24)35)22-14-12-21(13-15-22)23-7-3-4-9-29(23)34;1-4-5(2)3;1-2/h3-4,7-18,34H,5-6H2,1-2H3,(H,32,35);5H,4H2,1-3H3;2H,1H3/b19-10+,20-11+,24-8-;;. The number of amides is 1. The van der Waals surface area contributed by atoms with Crippen LogP contribution >= 0.6 is 11.6 Å². The summed E-state index contributed by atoms with van der Waals surface area (Å²) in [6, 6.07) is 18.8. The zero-order valence-corrected chi connectivity index (χ0v) is 26.1. The molecule has 1 amide bonds. The lowest BCUT2D eigenvalue weighted by Crippen LogP contribution is -2.03. The maximum absolute atomic E-state index is 12.6. The number of hydrogen-bond acceptors (Lipinski definition) is 4. The van der Waals surface area contributed by atoms with Gasteiger partial charge >= 0.3 is 0 Å². The number of aldehydes is 1. The Labute approximate surface area is 255 Å². The Morgan fingerprint density at radius 1 is 0.929 bits per heavy atom. The van der Waals surface area contributed by atoms with Crippen LogP contribution in [0.1, 0.15) is 59.4 Å². The normalized spacial score (nSPS) is 13.5. The molecular formula is C36H42ClNO4. The molecule has 3 N–H and O–H groups in total. The Hall–Kier alpha value is -3.93. The first-order chi connectivity index (χ1) is 20.1. The van der Waals surface area contributed by atoms with E-state index in [1.807, 2.05) is 61.5 Å². The predicted molar refractivity (Wildman–Crippen MR) is 177 cm³/mol. The number of para-hydroxylation sites is 1. The zero-order chi connectivity index (χ0) is 31.2. The average molecular weight is 588 g/mol. The highest BCUT2D eigenvalue weighted by Gasteiger charge is 2.25. The van der Waals surface area contributed by atoms with Crippen molar-refractivity contribution in [1.29, 1.82) is 0 Å². The second-order valence-corrected chi connectivity index (χ2v) is 10.8. The molecule has 4 rings (SSSR count). The van der Waals surface area contributed by atoms with Crippen molar-refractivity contribution in [3.63, 3.8) is 0 Å². The lowest BCUT2D eigenvalue weighted by atomic mass is 9.96. The van der Waals surface area contributed by atoms with Gasteiger partial charge in [0.2, 0.25) is 0 Å². The topological polar surface area (TPSA) is 86.6 Å². The van der Waals surface area contributed by atoms with Gasteiger partial charge in [0.15, 0.2) is 0 Å². The van der Waals surface area contributed by atoms with E-state index in [-0.39, 0.29) is 11.7 Å². The van der Waals surface area contributed by atoms with Gasteiger partial charge in [-0.05, 0) is 67.5 Å². The van der Waals surface area contributed by atoms with E-state index in [1.165, 1.54) is 6.42 Å². The Kier molecular flexibility index (Phi) is 14.0. The molecule has 1 aliphatic rings. The molecule has 42 heavy (non-hydrogen) atoms. The molecule has 0 saturated carbocycles. The summed E-state index contributed by atoms with van der Waals surface area (Å²) in [6.45, 7) is 10.4. The van der Waals surface area contributed by atoms with Crippen LogP contribution in [0.5, 0.6) is 5.75 Å². The van der Waals surface area contributed by atoms with E-state index in [4.69, 9.17) is 16.7 Å². The highest BCUT2D eigenvalue weighted by Crippen LogP contribution is 2.40. The number of nitrogens with one attached hydrogen (secondary N) is 1. The first-order valence-corrected chi connectivity index (χ1v) is 14.5. The largest absolute Gasteiger partial charge is 0.507 e. The minimum atomic E-state index is -0.138. The number of fused-ring (bicyclic) bond motifs is 1. The maximum atomic E-state index is 12.6. The van der Waals surface area contributed by atoms with Gasteiger partial charge in [-0.25, -0.2) is 0 Å². The number of phenols is 1. The molecular weight excluding hydrogens is 546 g/mol. The van der Waals surface area contributed by atoms with Crippen molar-refractivity contribution in [3.8, 4) is 28.0 Å². The van der Waals surface area contributed by atoms with Gasteiger partial charge in [0, 0.05) is 29.4 Å². The van der Waals surface area contributed by atoms with E-state index in [0.29, 0.717) is 28.3 Å². The molecule has 0 atom stereocenters. The first kappa shape index (κ1) is 34.3. The summed E-state index contributed by atoms with van der Waals surface area (Å²) < 4.78 is 0. The van der Waals surface area contributed by atoms with Crippen LogP contribution in [0.25, 0.3) is 27.8 Å². The third-order valence-electron chi connectivity index (χ3n) is 6.82. The van der Waals surface area contributed by atoms with Gasteiger partial charge in [0.05, 0.1) is 10.7 Å². The molecule has 1 heterocycles. The third-order valence-corrected chi connectivity index (χ3v) is 7.13. The fourth-order valence-electron chi connectivity index (χ4n) is 4.02. The molecule has 3 aromatic rings. The molecule has 0 saturated heterocycles. The monoisotopic (exact) mass is 587 g/mol. The van der Waals surface area contributed by atoms with Gasteiger partial charge in [0.1, 0.15) is 12.0 Å². The number of halogens is 1. The molecule has 0 bridgehead atoms. The maximum Gasteiger partial charge on any atom is 0.256 e. The van der Waals surface area contributed by atoms with Crippen molar-refractivity contribution in [3.05, 3.63) is 101 Å². The fraction of sp³-hybridized carbons (Fsp3) is 0.278. The van der Waals surface area contributed by atoms with Crippen molar-refractivity contribution in [2.45, 2.75) is 53.9 Å². The van der Waals surface area contributed by atoms with Crippen molar-refractivity contribution in [2.75, 3.05) is 12.4 Å². The molecule has 5 nitrogen and oxygen atoms in total. The van der Waals surface area contributed by atoms with Crippen molar-refractivity contribution >= 4 is 35.1 Å². The van der Waals surface area contributed by atoms with E-state index in [0.717, 1.165) is 59.1 Å². The van der Waals surface area contributed by atoms with Gasteiger partial charge in [-0.15, -0.1) is 0 Å². The summed E-state index contributed by atoms with van der Waals surface area (Å²) in [4.78, 5) is 23.4. The Bertz CT molecular complexity index is 1450. The quantitative estimate of drug-likeness (QED) is 0.139. The van der Waals surface area contributed by atoms with Gasteiger partial charge in [-0.2, -0.15) is 0 Å². The average Bonchev–Trinajstić information content (AvgIpc) is 3.30. The number of aromatic hydroxyl groups is 1. The van der Waals surface area contributed by atoms with Crippen LogP contribution in [-0.4, -0.2) is 29.5 Å². The molecule has 1 aliphatic heterocycles. The van der Waals surface area contributed by atoms with E-state index in [9.17, 15) is 14.7 Å². The van der Waals surface area contributed by atoms with Crippen LogP contribution in [0.15, 0.2) is 90.0 Å². The number of carbonyl (C=O) groups is 2. The molecule has 6 heteroatoms. The lowest BCUT2D eigenvalue weighted by molar-refractivity contribution is -0.110. The number of allylic oxidation sites excluding steroid dienone is 5. The number of phenolic OH excluding ortho intramolecular Hbond substituents is 1. The number of benzene rings is 3. The van der Waals surface area contributed by atoms with E-state index < -0.39 is 0 Å². The number of hydrogen-bond donors (Lipinski definition) is 3. The van der Waals surface area contributed by atoms with Crippen molar-refractivity contribution < 1.29 is 19.8 Å². The Morgan fingerprint density at radius 3 is 2.10 bits per heavy atom. The molecule has 0 unspecified atom stereocenters. The van der Waals surface area contributed by atoms with E-state index in [2.05, 4.69) is 26.1 Å². The molecule has 0 aliphatic carbocycles. The van der Waals surface area contributed by atoms with Crippen LogP contribution in [-0.2, 0) is 9.59 Å². The molecule has 222 valence electrons. The van der Waals surface area contributed by atoms with E-state index in [1.54, 1.807) is 31.2 Å². The molecule has 0 aromatic heterocycles. The minimum Gasteiger partial charge on any atom is -0.507 e. The Morgan fingerprint density at radius 2 is 1.52 bits per heavy atom. The van der Waals surface area contributed by atoms with Gasteiger partial charge < -0.3 is 15.5 Å². The zero-order valence-electron chi connectivity index (χ0n) is 25.4. The van der Waals surface area contributed by atoms with Crippen molar-refractivity contribution in [2.24, 2.45) is 5.92 Å². The highest BCUT2D eigenvalue weighted by molar-refractivity contribution is 6.36. The summed E-state index contributed by atoms with van der Waals surface area (Å²) in [5.74, 6) is 0.978. The summed E-state index contributed by atoms with van der Waals surface area (Å²) in [5.41, 5.74) is 7.40. The van der Waals surface area contributed by atoms with Crippen molar-refractivity contribution in [1.82, 2.24) is 0 Å². The third kappa shape index (κ3) is 9.57. The second-order valence-electron chi connectivity index (χ2n) is 10.4. The van der Waals surface area contributed by atoms with Crippen LogP contribution in [0, 0.1) is 5.92 Å². The van der Waals surface area contributed by atoms with E-state index >= 15 is 0 Å². The second kappa shape index (κ2) is 17.1.